The van der Waals surface area contributed by atoms with Crippen molar-refractivity contribution in [1.29, 1.82) is 0 Å². The van der Waals surface area contributed by atoms with E-state index in [9.17, 15) is 19.2 Å². The summed E-state index contributed by atoms with van der Waals surface area (Å²) in [6.45, 7) is 3.81. The summed E-state index contributed by atoms with van der Waals surface area (Å²) in [7, 11) is 0. The maximum atomic E-state index is 13.6. The first kappa shape index (κ1) is 28.5. The van der Waals surface area contributed by atoms with Crippen LogP contribution in [0, 0.1) is 5.41 Å². The second-order valence-corrected chi connectivity index (χ2v) is 12.8. The summed E-state index contributed by atoms with van der Waals surface area (Å²) in [6.07, 6.45) is 4.80. The topological polar surface area (TPSA) is 90.0 Å². The van der Waals surface area contributed by atoms with E-state index < -0.39 is 11.9 Å². The number of likely N-dealkylation sites (tertiary alicyclic amines) is 2. The molecule has 0 aliphatic carbocycles. The second-order valence-electron chi connectivity index (χ2n) is 12.8. The van der Waals surface area contributed by atoms with Crippen molar-refractivity contribution in [3.63, 3.8) is 0 Å². The SMILES string of the molecule is O=C1CCC(N2Cc3cc(C(=O)N4CCC5(CC4)CCN(C(c4ccccc4)c4ccccc4)CC5)ccc3C2=O)C(=O)N1. The average Bonchev–Trinajstić information content (AvgIpc) is 3.38. The molecule has 0 bridgehead atoms. The third-order valence-corrected chi connectivity index (χ3v) is 10.3. The number of rotatable bonds is 5. The molecule has 1 unspecified atom stereocenters. The Morgan fingerprint density at radius 2 is 1.41 bits per heavy atom. The lowest BCUT2D eigenvalue weighted by Crippen LogP contribution is -2.52. The second kappa shape index (κ2) is 11.7. The Hall–Kier alpha value is -4.30. The van der Waals surface area contributed by atoms with Gasteiger partial charge >= 0.3 is 0 Å². The molecule has 3 fully saturated rings. The molecule has 7 rings (SSSR count). The molecule has 1 N–H and O–H groups in total. The fourth-order valence-corrected chi connectivity index (χ4v) is 7.72. The number of carbonyl (C=O) groups is 4. The van der Waals surface area contributed by atoms with Gasteiger partial charge in [-0.3, -0.25) is 29.4 Å². The van der Waals surface area contributed by atoms with Gasteiger partial charge in [0.05, 0.1) is 6.04 Å². The van der Waals surface area contributed by atoms with Gasteiger partial charge in [0.15, 0.2) is 0 Å². The highest BCUT2D eigenvalue weighted by Gasteiger charge is 2.42. The summed E-state index contributed by atoms with van der Waals surface area (Å²) < 4.78 is 0. The van der Waals surface area contributed by atoms with Crippen LogP contribution in [-0.2, 0) is 16.1 Å². The standard InChI is InChI=1S/C36H38N4O4/c41-31-14-13-30(33(42)37-31)40-24-28-23-27(11-12-29(28)35(40)44)34(43)39-21-17-36(18-22-39)15-19-38(20-16-36)32(25-7-3-1-4-8-25)26-9-5-2-6-10-26/h1-12,23,30,32H,13-22,24H2,(H,37,41,42). The normalized spacial score (nSPS) is 21.9. The molecule has 3 aromatic rings. The Bertz CT molecular complexity index is 1530. The van der Waals surface area contributed by atoms with Crippen molar-refractivity contribution < 1.29 is 19.2 Å². The van der Waals surface area contributed by atoms with E-state index in [1.54, 1.807) is 12.1 Å². The molecule has 4 heterocycles. The van der Waals surface area contributed by atoms with E-state index in [1.807, 2.05) is 11.0 Å². The molecule has 44 heavy (non-hydrogen) atoms. The van der Waals surface area contributed by atoms with Crippen molar-refractivity contribution in [2.24, 2.45) is 5.41 Å². The van der Waals surface area contributed by atoms with Crippen LogP contribution in [-0.4, -0.2) is 70.5 Å². The van der Waals surface area contributed by atoms with Gasteiger partial charge < -0.3 is 9.80 Å². The van der Waals surface area contributed by atoms with E-state index in [4.69, 9.17) is 0 Å². The Balaban J connectivity index is 0.980. The van der Waals surface area contributed by atoms with Crippen LogP contribution in [0.25, 0.3) is 0 Å². The van der Waals surface area contributed by atoms with Gasteiger partial charge in [0, 0.05) is 37.2 Å². The highest BCUT2D eigenvalue weighted by molar-refractivity contribution is 6.06. The Kier molecular flexibility index (Phi) is 7.54. The highest BCUT2D eigenvalue weighted by atomic mass is 16.2. The molecule has 4 amide bonds. The van der Waals surface area contributed by atoms with Crippen molar-refractivity contribution in [1.82, 2.24) is 20.0 Å². The molecule has 0 saturated carbocycles. The van der Waals surface area contributed by atoms with E-state index in [1.165, 1.54) is 16.0 Å². The number of piperidine rings is 3. The molecule has 4 aliphatic rings. The first-order valence-electron chi connectivity index (χ1n) is 15.8. The predicted molar refractivity (Wildman–Crippen MR) is 166 cm³/mol. The zero-order valence-electron chi connectivity index (χ0n) is 24.9. The van der Waals surface area contributed by atoms with Crippen LogP contribution in [0.3, 0.4) is 0 Å². The van der Waals surface area contributed by atoms with Gasteiger partial charge in [-0.1, -0.05) is 60.7 Å². The molecule has 1 spiro atoms. The molecule has 8 nitrogen and oxygen atoms in total. The molecular formula is C36H38N4O4. The first-order chi connectivity index (χ1) is 21.4. The van der Waals surface area contributed by atoms with Gasteiger partial charge in [0.1, 0.15) is 6.04 Å². The maximum Gasteiger partial charge on any atom is 0.255 e. The molecule has 226 valence electrons. The van der Waals surface area contributed by atoms with Crippen molar-refractivity contribution >= 4 is 23.6 Å². The van der Waals surface area contributed by atoms with E-state index >= 15 is 0 Å². The molecule has 0 radical (unpaired) electrons. The van der Waals surface area contributed by atoms with Crippen LogP contribution in [0.1, 0.15) is 82.0 Å². The van der Waals surface area contributed by atoms with E-state index in [0.29, 0.717) is 17.5 Å². The largest absolute Gasteiger partial charge is 0.339 e. The monoisotopic (exact) mass is 590 g/mol. The Morgan fingerprint density at radius 1 is 0.795 bits per heavy atom. The number of nitrogens with zero attached hydrogens (tertiary/aromatic N) is 3. The van der Waals surface area contributed by atoms with Gasteiger partial charge in [-0.25, -0.2) is 0 Å². The summed E-state index contributed by atoms with van der Waals surface area (Å²) >= 11 is 0. The van der Waals surface area contributed by atoms with Crippen molar-refractivity contribution in [3.05, 3.63) is 107 Å². The summed E-state index contributed by atoms with van der Waals surface area (Å²) in [5, 5.41) is 2.34. The zero-order valence-corrected chi connectivity index (χ0v) is 24.9. The van der Waals surface area contributed by atoms with Crippen molar-refractivity contribution in [3.8, 4) is 0 Å². The van der Waals surface area contributed by atoms with Gasteiger partial charge in [0.2, 0.25) is 11.8 Å². The summed E-state index contributed by atoms with van der Waals surface area (Å²) in [4.78, 5) is 56.7. The van der Waals surface area contributed by atoms with E-state index in [2.05, 4.69) is 70.9 Å². The van der Waals surface area contributed by atoms with E-state index in [-0.39, 0.29) is 42.1 Å². The van der Waals surface area contributed by atoms with Crippen LogP contribution in [0.15, 0.2) is 78.9 Å². The Labute approximate surface area is 258 Å². The minimum absolute atomic E-state index is 0.000195. The van der Waals surface area contributed by atoms with Gasteiger partial charge in [0.25, 0.3) is 11.8 Å². The number of amides is 4. The molecule has 8 heteroatoms. The number of imide groups is 1. The van der Waals surface area contributed by atoms with E-state index in [0.717, 1.165) is 57.4 Å². The highest BCUT2D eigenvalue weighted by Crippen LogP contribution is 2.44. The maximum absolute atomic E-state index is 13.6. The van der Waals surface area contributed by atoms with Crippen molar-refractivity contribution in [2.75, 3.05) is 26.2 Å². The molecule has 3 aromatic carbocycles. The fourth-order valence-electron chi connectivity index (χ4n) is 7.72. The van der Waals surface area contributed by atoms with Crippen LogP contribution in [0.4, 0.5) is 0 Å². The zero-order chi connectivity index (χ0) is 30.3. The lowest BCUT2D eigenvalue weighted by molar-refractivity contribution is -0.136. The van der Waals surface area contributed by atoms with Crippen LogP contribution >= 0.6 is 0 Å². The van der Waals surface area contributed by atoms with Gasteiger partial charge in [-0.15, -0.1) is 0 Å². The third-order valence-electron chi connectivity index (χ3n) is 10.3. The Morgan fingerprint density at radius 3 is 2.02 bits per heavy atom. The van der Waals surface area contributed by atoms with Crippen LogP contribution in [0.2, 0.25) is 0 Å². The van der Waals surface area contributed by atoms with Gasteiger partial charge in [-0.05, 0) is 85.5 Å². The minimum Gasteiger partial charge on any atom is -0.339 e. The van der Waals surface area contributed by atoms with Crippen LogP contribution < -0.4 is 5.32 Å². The number of fused-ring (bicyclic) bond motifs is 1. The van der Waals surface area contributed by atoms with Gasteiger partial charge in [-0.2, -0.15) is 0 Å². The number of benzene rings is 3. The average molecular weight is 591 g/mol. The quantitative estimate of drug-likeness (QED) is 0.441. The molecule has 1 atom stereocenters. The minimum atomic E-state index is -0.660. The number of hydrogen-bond donors (Lipinski definition) is 1. The number of nitrogens with one attached hydrogen (secondary N) is 1. The third kappa shape index (κ3) is 5.32. The molecule has 0 aromatic heterocycles. The number of hydrogen-bond acceptors (Lipinski definition) is 5. The fraction of sp³-hybridized carbons (Fsp3) is 0.389. The lowest BCUT2D eigenvalue weighted by Gasteiger charge is -2.48. The smallest absolute Gasteiger partial charge is 0.255 e. The van der Waals surface area contributed by atoms with Crippen molar-refractivity contribution in [2.45, 2.75) is 57.2 Å². The molecule has 3 saturated heterocycles. The molecule has 4 aliphatic heterocycles. The molecular weight excluding hydrogens is 552 g/mol. The predicted octanol–water partition coefficient (Wildman–Crippen LogP) is 4.56. The summed E-state index contributed by atoms with van der Waals surface area (Å²) in [5.41, 5.74) is 4.79. The first-order valence-corrected chi connectivity index (χ1v) is 15.8. The lowest BCUT2D eigenvalue weighted by atomic mass is 9.70. The summed E-state index contributed by atoms with van der Waals surface area (Å²) in [6, 6.07) is 26.4. The number of carbonyl (C=O) groups excluding carboxylic acids is 4. The summed E-state index contributed by atoms with van der Waals surface area (Å²) in [5.74, 6) is -0.954. The van der Waals surface area contributed by atoms with Crippen LogP contribution in [0.5, 0.6) is 0 Å².